The van der Waals surface area contributed by atoms with Crippen LogP contribution in [-0.2, 0) is 11.3 Å². The van der Waals surface area contributed by atoms with E-state index in [1.165, 1.54) is 24.2 Å². The second kappa shape index (κ2) is 10.4. The van der Waals surface area contributed by atoms with Crippen molar-refractivity contribution in [3.05, 3.63) is 16.1 Å². The minimum atomic E-state index is -0.158. The monoisotopic (exact) mass is 353 g/mol. The summed E-state index contributed by atoms with van der Waals surface area (Å²) >= 11 is 1.43. The van der Waals surface area contributed by atoms with Crippen LogP contribution in [0.4, 0.5) is 0 Å². The largest absolute Gasteiger partial charge is 0.349 e. The average molecular weight is 354 g/mol. The molecule has 0 bridgehead atoms. The third-order valence-corrected chi connectivity index (χ3v) is 4.53. The van der Waals surface area contributed by atoms with Gasteiger partial charge in [-0.25, -0.2) is 4.98 Å². The van der Waals surface area contributed by atoms with Crippen molar-refractivity contribution in [3.63, 3.8) is 0 Å². The SMILES string of the molecule is CCCCCCC(=O)N(Cc1nc(C(=O)NC(C)C)cs1)C(C)C. The van der Waals surface area contributed by atoms with Crippen LogP contribution in [0.3, 0.4) is 0 Å². The maximum absolute atomic E-state index is 12.5. The Kier molecular flexibility index (Phi) is 8.97. The molecule has 0 aliphatic carbocycles. The molecule has 136 valence electrons. The molecule has 5 nitrogen and oxygen atoms in total. The van der Waals surface area contributed by atoms with Crippen molar-refractivity contribution < 1.29 is 9.59 Å². The summed E-state index contributed by atoms with van der Waals surface area (Å²) in [4.78, 5) is 30.7. The van der Waals surface area contributed by atoms with E-state index in [2.05, 4.69) is 17.2 Å². The van der Waals surface area contributed by atoms with Gasteiger partial charge in [0.05, 0.1) is 6.54 Å². The van der Waals surface area contributed by atoms with Gasteiger partial charge in [-0.2, -0.15) is 0 Å². The van der Waals surface area contributed by atoms with Gasteiger partial charge in [-0.1, -0.05) is 26.2 Å². The summed E-state index contributed by atoms with van der Waals surface area (Å²) in [5.74, 6) is 0.0129. The average Bonchev–Trinajstić information content (AvgIpc) is 2.97. The number of hydrogen-bond acceptors (Lipinski definition) is 4. The van der Waals surface area contributed by atoms with Crippen LogP contribution in [0, 0.1) is 0 Å². The van der Waals surface area contributed by atoms with Gasteiger partial charge in [-0.05, 0) is 34.1 Å². The minimum absolute atomic E-state index is 0.0829. The van der Waals surface area contributed by atoms with E-state index in [-0.39, 0.29) is 23.9 Å². The quantitative estimate of drug-likeness (QED) is 0.647. The van der Waals surface area contributed by atoms with E-state index in [0.717, 1.165) is 17.8 Å². The lowest BCUT2D eigenvalue weighted by molar-refractivity contribution is -0.133. The second-order valence-electron chi connectivity index (χ2n) is 6.68. The summed E-state index contributed by atoms with van der Waals surface area (Å²) < 4.78 is 0. The zero-order chi connectivity index (χ0) is 18.1. The Hall–Kier alpha value is -1.43. The van der Waals surface area contributed by atoms with Crippen LogP contribution in [0.1, 0.15) is 82.2 Å². The predicted molar refractivity (Wildman–Crippen MR) is 99.2 cm³/mol. The molecule has 0 saturated heterocycles. The van der Waals surface area contributed by atoms with Crippen LogP contribution in [0.25, 0.3) is 0 Å². The second-order valence-corrected chi connectivity index (χ2v) is 7.62. The molecular formula is C18H31N3O2S. The first-order chi connectivity index (χ1) is 11.3. The van der Waals surface area contributed by atoms with Gasteiger partial charge in [-0.15, -0.1) is 11.3 Å². The lowest BCUT2D eigenvalue weighted by Crippen LogP contribution is -2.36. The number of carbonyl (C=O) groups excluding carboxylic acids is 2. The van der Waals surface area contributed by atoms with Gasteiger partial charge in [0.1, 0.15) is 10.7 Å². The fourth-order valence-electron chi connectivity index (χ4n) is 2.37. The third-order valence-electron chi connectivity index (χ3n) is 3.70. The molecule has 0 radical (unpaired) electrons. The summed E-state index contributed by atoms with van der Waals surface area (Å²) in [5, 5.41) is 5.40. The molecule has 6 heteroatoms. The molecule has 0 saturated carbocycles. The molecule has 0 aliphatic rings. The molecular weight excluding hydrogens is 322 g/mol. The van der Waals surface area contributed by atoms with E-state index in [1.807, 2.05) is 32.6 Å². The van der Waals surface area contributed by atoms with Crippen molar-refractivity contribution in [1.82, 2.24) is 15.2 Å². The lowest BCUT2D eigenvalue weighted by atomic mass is 10.1. The van der Waals surface area contributed by atoms with Gasteiger partial charge in [0.2, 0.25) is 5.91 Å². The highest BCUT2D eigenvalue weighted by molar-refractivity contribution is 7.09. The highest BCUT2D eigenvalue weighted by Gasteiger charge is 2.19. The van der Waals surface area contributed by atoms with Crippen LogP contribution in [0.5, 0.6) is 0 Å². The van der Waals surface area contributed by atoms with Crippen molar-refractivity contribution >= 4 is 23.2 Å². The van der Waals surface area contributed by atoms with Crippen molar-refractivity contribution in [2.75, 3.05) is 0 Å². The third kappa shape index (κ3) is 6.99. The Balaban J connectivity index is 2.64. The van der Waals surface area contributed by atoms with E-state index in [9.17, 15) is 9.59 Å². The Morgan fingerprint density at radius 1 is 1.21 bits per heavy atom. The van der Waals surface area contributed by atoms with Gasteiger partial charge >= 0.3 is 0 Å². The Bertz CT molecular complexity index is 526. The van der Waals surface area contributed by atoms with E-state index in [0.29, 0.717) is 18.7 Å². The van der Waals surface area contributed by atoms with E-state index >= 15 is 0 Å². The number of nitrogens with one attached hydrogen (secondary N) is 1. The molecule has 0 atom stereocenters. The van der Waals surface area contributed by atoms with Crippen molar-refractivity contribution in [3.8, 4) is 0 Å². The fraction of sp³-hybridized carbons (Fsp3) is 0.722. The first-order valence-electron chi connectivity index (χ1n) is 8.89. The molecule has 2 amide bonds. The van der Waals surface area contributed by atoms with Crippen LogP contribution in [0.15, 0.2) is 5.38 Å². The lowest BCUT2D eigenvalue weighted by Gasteiger charge is -2.26. The molecule has 1 heterocycles. The molecule has 0 aliphatic heterocycles. The van der Waals surface area contributed by atoms with Crippen LogP contribution < -0.4 is 5.32 Å². The predicted octanol–water partition coefficient (Wildman–Crippen LogP) is 3.99. The molecule has 24 heavy (non-hydrogen) atoms. The fourth-order valence-corrected chi connectivity index (χ4v) is 3.15. The van der Waals surface area contributed by atoms with Gasteiger partial charge in [-0.3, -0.25) is 9.59 Å². The first-order valence-corrected chi connectivity index (χ1v) is 9.77. The number of hydrogen-bond donors (Lipinski definition) is 1. The molecule has 0 spiro atoms. The Labute approximate surface area is 149 Å². The number of thiazole rings is 1. The van der Waals surface area contributed by atoms with E-state index < -0.39 is 0 Å². The van der Waals surface area contributed by atoms with Crippen LogP contribution in [0.2, 0.25) is 0 Å². The van der Waals surface area contributed by atoms with Gasteiger partial charge < -0.3 is 10.2 Å². The highest BCUT2D eigenvalue weighted by Crippen LogP contribution is 2.16. The normalized spacial score (nSPS) is 11.1. The summed E-state index contributed by atoms with van der Waals surface area (Å²) in [5.41, 5.74) is 0.433. The number of aromatic nitrogens is 1. The number of carbonyl (C=O) groups is 2. The molecule has 1 rings (SSSR count). The summed E-state index contributed by atoms with van der Waals surface area (Å²) in [7, 11) is 0. The summed E-state index contributed by atoms with van der Waals surface area (Å²) in [6, 6.07) is 0.208. The zero-order valence-electron chi connectivity index (χ0n) is 15.6. The molecule has 1 aromatic rings. The number of unbranched alkanes of at least 4 members (excludes halogenated alkanes) is 3. The van der Waals surface area contributed by atoms with Crippen molar-refractivity contribution in [2.45, 2.75) is 85.4 Å². The minimum Gasteiger partial charge on any atom is -0.349 e. The van der Waals surface area contributed by atoms with Crippen LogP contribution in [-0.4, -0.2) is 33.8 Å². The van der Waals surface area contributed by atoms with Crippen LogP contribution >= 0.6 is 11.3 Å². The highest BCUT2D eigenvalue weighted by atomic mass is 32.1. The smallest absolute Gasteiger partial charge is 0.270 e. The van der Waals surface area contributed by atoms with Gasteiger partial charge in [0, 0.05) is 23.9 Å². The molecule has 0 fully saturated rings. The van der Waals surface area contributed by atoms with Crippen molar-refractivity contribution in [1.29, 1.82) is 0 Å². The molecule has 0 aromatic carbocycles. The van der Waals surface area contributed by atoms with Gasteiger partial charge in [0.25, 0.3) is 5.91 Å². The summed E-state index contributed by atoms with van der Waals surface area (Å²) in [6.45, 7) is 10.5. The van der Waals surface area contributed by atoms with E-state index in [1.54, 1.807) is 5.38 Å². The van der Waals surface area contributed by atoms with Crippen molar-refractivity contribution in [2.24, 2.45) is 0 Å². The van der Waals surface area contributed by atoms with E-state index in [4.69, 9.17) is 0 Å². The first kappa shape index (κ1) is 20.6. The zero-order valence-corrected chi connectivity index (χ0v) is 16.4. The topological polar surface area (TPSA) is 62.3 Å². The number of amides is 2. The summed E-state index contributed by atoms with van der Waals surface area (Å²) in [6.07, 6.45) is 4.98. The Morgan fingerprint density at radius 3 is 2.50 bits per heavy atom. The molecule has 1 aromatic heterocycles. The number of nitrogens with zero attached hydrogens (tertiary/aromatic N) is 2. The molecule has 1 N–H and O–H groups in total. The maximum Gasteiger partial charge on any atom is 0.270 e. The van der Waals surface area contributed by atoms with Gasteiger partial charge in [0.15, 0.2) is 0 Å². The standard InChI is InChI=1S/C18H31N3O2S/c1-6-7-8-9-10-17(22)21(14(4)5)11-16-20-15(12-24-16)18(23)19-13(2)3/h12-14H,6-11H2,1-5H3,(H,19,23). The molecule has 0 unspecified atom stereocenters. The number of rotatable bonds is 10. The maximum atomic E-state index is 12.5. The Morgan fingerprint density at radius 2 is 1.92 bits per heavy atom.